The van der Waals surface area contributed by atoms with E-state index in [4.69, 9.17) is 0 Å². The molecule has 0 aliphatic rings. The van der Waals surface area contributed by atoms with E-state index in [1.165, 1.54) is 39.5 Å². The summed E-state index contributed by atoms with van der Waals surface area (Å²) in [5.41, 5.74) is -2.49. The topological polar surface area (TPSA) is 63.9 Å². The van der Waals surface area contributed by atoms with Crippen LogP contribution in [-0.2, 0) is 0 Å². The number of hydrogen-bond acceptors (Lipinski definition) is 4. The number of aliphatic hydroxyl groups excluding tert-OH is 1. The Labute approximate surface area is 73.4 Å². The van der Waals surface area contributed by atoms with Gasteiger partial charge in [0.1, 0.15) is 17.7 Å². The summed E-state index contributed by atoms with van der Waals surface area (Å²) in [7, 11) is 0. The Hall–Kier alpha value is -0.160. The quantitative estimate of drug-likeness (QED) is 0.534. The van der Waals surface area contributed by atoms with Crippen LogP contribution in [0.5, 0.6) is 0 Å². The van der Waals surface area contributed by atoms with Crippen LogP contribution in [0, 0.1) is 0 Å². The second-order valence-electron chi connectivity index (χ2n) is 3.99. The number of aliphatic hydroxyl groups is 3. The number of rotatable bonds is 3. The van der Waals surface area contributed by atoms with Gasteiger partial charge >= 0.3 is 0 Å². The molecule has 0 aliphatic heterocycles. The van der Waals surface area contributed by atoms with Crippen LogP contribution in [0.3, 0.4) is 0 Å². The molecule has 0 spiro atoms. The van der Waals surface area contributed by atoms with Crippen LogP contribution in [0.1, 0.15) is 34.6 Å². The van der Waals surface area contributed by atoms with Gasteiger partial charge in [-0.05, 0) is 34.6 Å². The van der Waals surface area contributed by atoms with Crippen LogP contribution in [0.4, 0.5) is 0 Å². The first-order chi connectivity index (χ1) is 5.07. The molecule has 0 radical (unpaired) electrons. The maximum atomic E-state index is 9.59. The lowest BCUT2D eigenvalue weighted by Gasteiger charge is -2.44. The first kappa shape index (κ1) is 11.8. The molecule has 0 aromatic heterocycles. The van der Waals surface area contributed by atoms with Gasteiger partial charge < -0.3 is 15.3 Å². The molecule has 0 fully saturated rings. The molecule has 0 bridgehead atoms. The van der Waals surface area contributed by atoms with Crippen molar-refractivity contribution in [3.8, 4) is 0 Å². The minimum atomic E-state index is -1.24. The van der Waals surface area contributed by atoms with Gasteiger partial charge in [-0.25, -0.2) is 4.90 Å². The zero-order valence-corrected chi connectivity index (χ0v) is 8.37. The fraction of sp³-hybridized carbons (Fsp3) is 1.00. The van der Waals surface area contributed by atoms with Crippen molar-refractivity contribution in [2.45, 2.75) is 52.3 Å². The smallest absolute Gasteiger partial charge is 0.117 e. The molecule has 74 valence electrons. The predicted molar refractivity (Wildman–Crippen MR) is 46.1 cm³/mol. The van der Waals surface area contributed by atoms with E-state index in [2.05, 4.69) is 0 Å². The lowest BCUT2D eigenvalue weighted by Crippen LogP contribution is -2.59. The third-order valence-electron chi connectivity index (χ3n) is 1.55. The van der Waals surface area contributed by atoms with Crippen molar-refractivity contribution in [3.05, 3.63) is 0 Å². The fourth-order valence-corrected chi connectivity index (χ4v) is 1.58. The summed E-state index contributed by atoms with van der Waals surface area (Å²) in [6, 6.07) is 0. The van der Waals surface area contributed by atoms with E-state index in [9.17, 15) is 15.3 Å². The van der Waals surface area contributed by atoms with E-state index in [-0.39, 0.29) is 0 Å². The summed E-state index contributed by atoms with van der Waals surface area (Å²) in [6.45, 7) is 7.54. The lowest BCUT2D eigenvalue weighted by atomic mass is 10.1. The van der Waals surface area contributed by atoms with Gasteiger partial charge in [0, 0.05) is 0 Å². The van der Waals surface area contributed by atoms with Gasteiger partial charge in [-0.3, -0.25) is 0 Å². The number of hydrogen-bond donors (Lipinski definition) is 3. The van der Waals surface area contributed by atoms with Gasteiger partial charge in [0.25, 0.3) is 0 Å². The standard InChI is InChI=1S/C8H19NO3/c1-6(10)9(7(2,3)11)8(4,5)12/h6,10-12H,1-5H3. The molecular formula is C8H19NO3. The second kappa shape index (κ2) is 3.30. The Morgan fingerprint density at radius 1 is 1.00 bits per heavy atom. The summed E-state index contributed by atoms with van der Waals surface area (Å²) in [6.07, 6.45) is -0.898. The van der Waals surface area contributed by atoms with Gasteiger partial charge in [0.15, 0.2) is 0 Å². The average Bonchev–Trinajstić information content (AvgIpc) is 1.49. The van der Waals surface area contributed by atoms with Gasteiger partial charge in [0.05, 0.1) is 0 Å². The van der Waals surface area contributed by atoms with Gasteiger partial charge in [-0.2, -0.15) is 0 Å². The average molecular weight is 177 g/mol. The molecule has 4 heteroatoms. The first-order valence-corrected chi connectivity index (χ1v) is 3.99. The molecule has 12 heavy (non-hydrogen) atoms. The van der Waals surface area contributed by atoms with Crippen LogP contribution < -0.4 is 0 Å². The highest BCUT2D eigenvalue weighted by atomic mass is 16.4. The largest absolute Gasteiger partial charge is 0.379 e. The van der Waals surface area contributed by atoms with Crippen molar-refractivity contribution in [2.75, 3.05) is 0 Å². The third-order valence-corrected chi connectivity index (χ3v) is 1.55. The maximum Gasteiger partial charge on any atom is 0.117 e. The van der Waals surface area contributed by atoms with E-state index in [0.29, 0.717) is 0 Å². The van der Waals surface area contributed by atoms with Crippen LogP contribution >= 0.6 is 0 Å². The molecule has 4 nitrogen and oxygen atoms in total. The Morgan fingerprint density at radius 2 is 1.25 bits per heavy atom. The first-order valence-electron chi connectivity index (χ1n) is 3.99. The summed E-state index contributed by atoms with van der Waals surface area (Å²) in [5, 5.41) is 28.5. The molecule has 0 heterocycles. The normalized spacial score (nSPS) is 16.8. The summed E-state index contributed by atoms with van der Waals surface area (Å²) >= 11 is 0. The molecule has 3 N–H and O–H groups in total. The lowest BCUT2D eigenvalue weighted by molar-refractivity contribution is -0.251. The minimum Gasteiger partial charge on any atom is -0.379 e. The summed E-state index contributed by atoms with van der Waals surface area (Å²) in [4.78, 5) is 1.21. The Bertz CT molecular complexity index is 129. The zero-order valence-electron chi connectivity index (χ0n) is 8.37. The predicted octanol–water partition coefficient (Wildman–Crippen LogP) is 0.0835. The Balaban J connectivity index is 4.70. The summed E-state index contributed by atoms with van der Waals surface area (Å²) in [5.74, 6) is 0. The van der Waals surface area contributed by atoms with Crippen LogP contribution in [0.2, 0.25) is 0 Å². The van der Waals surface area contributed by atoms with Crippen LogP contribution in [0.25, 0.3) is 0 Å². The molecule has 1 unspecified atom stereocenters. The number of nitrogens with zero attached hydrogens (tertiary/aromatic N) is 1. The molecule has 0 aromatic rings. The minimum absolute atomic E-state index is 0.898. The van der Waals surface area contributed by atoms with Gasteiger partial charge in [-0.15, -0.1) is 0 Å². The van der Waals surface area contributed by atoms with Crippen molar-refractivity contribution in [1.29, 1.82) is 0 Å². The molecule has 0 saturated heterocycles. The maximum absolute atomic E-state index is 9.59. The van der Waals surface area contributed by atoms with Crippen molar-refractivity contribution < 1.29 is 15.3 Å². The highest BCUT2D eigenvalue weighted by Crippen LogP contribution is 2.22. The summed E-state index contributed by atoms with van der Waals surface area (Å²) < 4.78 is 0. The molecule has 0 rings (SSSR count). The fourth-order valence-electron chi connectivity index (χ4n) is 1.58. The molecule has 0 aromatic carbocycles. The SMILES string of the molecule is CC(O)N(C(C)(C)O)C(C)(C)O. The van der Waals surface area contributed by atoms with E-state index in [0.717, 1.165) is 0 Å². The zero-order chi connectivity index (χ0) is 10.2. The van der Waals surface area contributed by atoms with E-state index in [1.54, 1.807) is 0 Å². The van der Waals surface area contributed by atoms with Gasteiger partial charge in [-0.1, -0.05) is 0 Å². The third kappa shape index (κ3) is 3.06. The second-order valence-corrected chi connectivity index (χ2v) is 3.99. The highest BCUT2D eigenvalue weighted by Gasteiger charge is 2.37. The molecule has 0 saturated carbocycles. The van der Waals surface area contributed by atoms with E-state index >= 15 is 0 Å². The van der Waals surface area contributed by atoms with E-state index < -0.39 is 17.7 Å². The highest BCUT2D eigenvalue weighted by molar-refractivity contribution is 4.78. The van der Waals surface area contributed by atoms with Crippen molar-refractivity contribution in [3.63, 3.8) is 0 Å². The molecule has 0 aliphatic carbocycles. The van der Waals surface area contributed by atoms with E-state index in [1.807, 2.05) is 0 Å². The van der Waals surface area contributed by atoms with Crippen LogP contribution in [-0.4, -0.2) is 37.9 Å². The molecule has 0 amide bonds. The Kier molecular flexibility index (Phi) is 3.25. The van der Waals surface area contributed by atoms with Crippen molar-refractivity contribution in [1.82, 2.24) is 4.90 Å². The van der Waals surface area contributed by atoms with Crippen molar-refractivity contribution in [2.24, 2.45) is 0 Å². The van der Waals surface area contributed by atoms with Gasteiger partial charge in [0.2, 0.25) is 0 Å². The Morgan fingerprint density at radius 3 is 1.25 bits per heavy atom. The molecular weight excluding hydrogens is 158 g/mol. The van der Waals surface area contributed by atoms with Crippen molar-refractivity contribution >= 4 is 0 Å². The monoisotopic (exact) mass is 177 g/mol. The van der Waals surface area contributed by atoms with Crippen LogP contribution in [0.15, 0.2) is 0 Å². The molecule has 1 atom stereocenters.